The van der Waals surface area contributed by atoms with Crippen LogP contribution in [0.4, 0.5) is 5.95 Å². The molecule has 5 nitrogen and oxygen atoms in total. The number of aromatic nitrogens is 2. The van der Waals surface area contributed by atoms with Gasteiger partial charge in [-0.05, 0) is 39.2 Å². The molecule has 0 bridgehead atoms. The van der Waals surface area contributed by atoms with Crippen LogP contribution in [0.25, 0.3) is 0 Å². The number of ether oxygens (including phenoxy) is 1. The maximum absolute atomic E-state index is 12.4. The fraction of sp³-hybridized carbons (Fsp3) is 0.688. The Balaban J connectivity index is 2.25. The molecule has 1 saturated heterocycles. The van der Waals surface area contributed by atoms with Gasteiger partial charge in [0.15, 0.2) is 0 Å². The van der Waals surface area contributed by atoms with Crippen LogP contribution >= 0.6 is 0 Å². The first-order chi connectivity index (χ1) is 9.89. The van der Waals surface area contributed by atoms with Crippen LogP contribution in [-0.2, 0) is 9.53 Å². The summed E-state index contributed by atoms with van der Waals surface area (Å²) in [5.74, 6) is 0.860. The van der Waals surface area contributed by atoms with Gasteiger partial charge in [-0.25, -0.2) is 9.97 Å². The monoisotopic (exact) mass is 291 g/mol. The average molecular weight is 291 g/mol. The molecule has 0 spiro atoms. The predicted octanol–water partition coefficient (Wildman–Crippen LogP) is 2.51. The molecule has 21 heavy (non-hydrogen) atoms. The molecular formula is C16H25N3O2. The zero-order chi connectivity index (χ0) is 15.6. The molecule has 0 amide bonds. The molecule has 2 rings (SSSR count). The second-order valence-corrected chi connectivity index (χ2v) is 6.15. The maximum atomic E-state index is 12.4. The summed E-state index contributed by atoms with van der Waals surface area (Å²) in [6, 6.07) is 1.96. The van der Waals surface area contributed by atoms with Crippen LogP contribution in [0.15, 0.2) is 6.07 Å². The molecule has 1 fully saturated rings. The average Bonchev–Trinajstić information content (AvgIpc) is 2.84. The molecule has 1 aromatic heterocycles. The number of esters is 1. The van der Waals surface area contributed by atoms with Crippen molar-refractivity contribution in [2.75, 3.05) is 24.6 Å². The first kappa shape index (κ1) is 15.7. The van der Waals surface area contributed by atoms with Gasteiger partial charge in [-0.1, -0.05) is 13.8 Å². The Labute approximate surface area is 126 Å². The lowest BCUT2D eigenvalue weighted by Crippen LogP contribution is -2.41. The van der Waals surface area contributed by atoms with Crippen LogP contribution in [0.1, 0.15) is 38.6 Å². The SMILES string of the molecule is CCOC(=O)C1(C(C)C)CCN(c2nc(C)cc(C)n2)C1. The molecule has 5 heteroatoms. The van der Waals surface area contributed by atoms with Crippen LogP contribution < -0.4 is 4.90 Å². The fourth-order valence-corrected chi connectivity index (χ4v) is 3.00. The highest BCUT2D eigenvalue weighted by atomic mass is 16.5. The summed E-state index contributed by atoms with van der Waals surface area (Å²) in [6.07, 6.45) is 0.792. The van der Waals surface area contributed by atoms with Gasteiger partial charge in [-0.3, -0.25) is 4.79 Å². The second kappa shape index (κ2) is 6.00. The standard InChI is InChI=1S/C16H25N3O2/c1-6-21-14(20)16(11(2)3)7-8-19(10-16)15-17-12(4)9-13(5)18-15/h9,11H,6-8,10H2,1-5H3. The van der Waals surface area contributed by atoms with Crippen LogP contribution in [-0.4, -0.2) is 35.6 Å². The minimum Gasteiger partial charge on any atom is -0.466 e. The normalized spacial score (nSPS) is 21.9. The number of rotatable bonds is 4. The first-order valence-electron chi connectivity index (χ1n) is 7.63. The van der Waals surface area contributed by atoms with Gasteiger partial charge in [0.05, 0.1) is 12.0 Å². The quantitative estimate of drug-likeness (QED) is 0.798. The molecule has 1 atom stereocenters. The molecule has 0 aliphatic carbocycles. The summed E-state index contributed by atoms with van der Waals surface area (Å²) in [7, 11) is 0. The molecule has 2 heterocycles. The summed E-state index contributed by atoms with van der Waals surface area (Å²) in [4.78, 5) is 23.6. The van der Waals surface area contributed by atoms with Gasteiger partial charge in [0, 0.05) is 24.5 Å². The third-order valence-corrected chi connectivity index (χ3v) is 4.34. The number of carbonyl (C=O) groups is 1. The smallest absolute Gasteiger partial charge is 0.314 e. The van der Waals surface area contributed by atoms with Gasteiger partial charge in [0.1, 0.15) is 0 Å². The summed E-state index contributed by atoms with van der Waals surface area (Å²) in [6.45, 7) is 11.8. The summed E-state index contributed by atoms with van der Waals surface area (Å²) in [5.41, 5.74) is 1.46. The number of hydrogen-bond donors (Lipinski definition) is 0. The van der Waals surface area contributed by atoms with E-state index in [-0.39, 0.29) is 11.9 Å². The van der Waals surface area contributed by atoms with Crippen molar-refractivity contribution in [2.45, 2.75) is 41.0 Å². The number of hydrogen-bond acceptors (Lipinski definition) is 5. The number of carbonyl (C=O) groups excluding carboxylic acids is 1. The summed E-state index contributed by atoms with van der Waals surface area (Å²) >= 11 is 0. The van der Waals surface area contributed by atoms with E-state index in [1.165, 1.54) is 0 Å². The predicted molar refractivity (Wildman–Crippen MR) is 82.2 cm³/mol. The molecule has 1 aliphatic rings. The van der Waals surface area contributed by atoms with Gasteiger partial charge >= 0.3 is 5.97 Å². The third kappa shape index (κ3) is 3.01. The molecule has 0 radical (unpaired) electrons. The fourth-order valence-electron chi connectivity index (χ4n) is 3.00. The van der Waals surface area contributed by atoms with Crippen molar-refractivity contribution in [2.24, 2.45) is 11.3 Å². The highest BCUT2D eigenvalue weighted by Crippen LogP contribution is 2.40. The molecule has 0 N–H and O–H groups in total. The van der Waals surface area contributed by atoms with E-state index in [1.54, 1.807) is 0 Å². The molecule has 0 aromatic carbocycles. The molecule has 0 saturated carbocycles. The van der Waals surface area contributed by atoms with E-state index in [1.807, 2.05) is 26.8 Å². The maximum Gasteiger partial charge on any atom is 0.314 e. The Kier molecular flexibility index (Phi) is 4.49. The molecule has 1 aromatic rings. The number of nitrogens with zero attached hydrogens (tertiary/aromatic N) is 3. The Bertz CT molecular complexity index is 510. The second-order valence-electron chi connectivity index (χ2n) is 6.15. The van der Waals surface area contributed by atoms with E-state index >= 15 is 0 Å². The van der Waals surface area contributed by atoms with Crippen molar-refractivity contribution < 1.29 is 9.53 Å². The zero-order valence-electron chi connectivity index (χ0n) is 13.6. The van der Waals surface area contributed by atoms with E-state index in [2.05, 4.69) is 28.7 Å². The largest absolute Gasteiger partial charge is 0.466 e. The molecular weight excluding hydrogens is 266 g/mol. The van der Waals surface area contributed by atoms with Crippen molar-refractivity contribution >= 4 is 11.9 Å². The highest BCUT2D eigenvalue weighted by Gasteiger charge is 2.48. The zero-order valence-corrected chi connectivity index (χ0v) is 13.6. The topological polar surface area (TPSA) is 55.3 Å². The lowest BCUT2D eigenvalue weighted by atomic mass is 9.76. The van der Waals surface area contributed by atoms with Gasteiger partial charge < -0.3 is 9.64 Å². The minimum atomic E-state index is -0.447. The summed E-state index contributed by atoms with van der Waals surface area (Å²) < 4.78 is 5.32. The van der Waals surface area contributed by atoms with E-state index in [0.717, 1.165) is 30.3 Å². The van der Waals surface area contributed by atoms with Crippen molar-refractivity contribution in [3.63, 3.8) is 0 Å². The van der Waals surface area contributed by atoms with Crippen molar-refractivity contribution in [1.82, 2.24) is 9.97 Å². The molecule has 1 unspecified atom stereocenters. The number of anilines is 1. The Morgan fingerprint density at radius 3 is 2.52 bits per heavy atom. The van der Waals surface area contributed by atoms with Gasteiger partial charge in [0.25, 0.3) is 0 Å². The molecule has 116 valence electrons. The van der Waals surface area contributed by atoms with E-state index in [4.69, 9.17) is 4.74 Å². The van der Waals surface area contributed by atoms with Crippen molar-refractivity contribution in [1.29, 1.82) is 0 Å². The van der Waals surface area contributed by atoms with Gasteiger partial charge in [-0.15, -0.1) is 0 Å². The van der Waals surface area contributed by atoms with Crippen LogP contribution in [0.3, 0.4) is 0 Å². The third-order valence-electron chi connectivity index (χ3n) is 4.34. The van der Waals surface area contributed by atoms with Crippen molar-refractivity contribution in [3.05, 3.63) is 17.5 Å². The van der Waals surface area contributed by atoms with Crippen molar-refractivity contribution in [3.8, 4) is 0 Å². The lowest BCUT2D eigenvalue weighted by molar-refractivity contribution is -0.156. The Morgan fingerprint density at radius 1 is 1.38 bits per heavy atom. The summed E-state index contributed by atoms with van der Waals surface area (Å²) in [5, 5.41) is 0. The van der Waals surface area contributed by atoms with E-state index in [0.29, 0.717) is 13.2 Å². The number of aryl methyl sites for hydroxylation is 2. The Hall–Kier alpha value is -1.65. The van der Waals surface area contributed by atoms with Gasteiger partial charge in [-0.2, -0.15) is 0 Å². The lowest BCUT2D eigenvalue weighted by Gasteiger charge is -2.30. The minimum absolute atomic E-state index is 0.0909. The molecule has 1 aliphatic heterocycles. The van der Waals surface area contributed by atoms with Gasteiger partial charge in [0.2, 0.25) is 5.95 Å². The first-order valence-corrected chi connectivity index (χ1v) is 7.63. The van der Waals surface area contributed by atoms with Crippen LogP contribution in [0.2, 0.25) is 0 Å². The Morgan fingerprint density at radius 2 is 2.00 bits per heavy atom. The van der Waals surface area contributed by atoms with Crippen LogP contribution in [0, 0.1) is 25.2 Å². The highest BCUT2D eigenvalue weighted by molar-refractivity contribution is 5.79. The van der Waals surface area contributed by atoms with E-state index < -0.39 is 5.41 Å². The van der Waals surface area contributed by atoms with Crippen LogP contribution in [0.5, 0.6) is 0 Å². The van der Waals surface area contributed by atoms with E-state index in [9.17, 15) is 4.79 Å².